The lowest BCUT2D eigenvalue weighted by Crippen LogP contribution is -2.16. The van der Waals surface area contributed by atoms with Crippen molar-refractivity contribution in [1.29, 1.82) is 0 Å². The molecule has 0 saturated carbocycles. The normalized spacial score (nSPS) is 13.6. The number of carbonyl (C=O) groups excluding carboxylic acids is 2. The molecule has 1 aromatic heterocycles. The lowest BCUT2D eigenvalue weighted by atomic mass is 10.1. The van der Waals surface area contributed by atoms with Gasteiger partial charge in [-0.05, 0) is 24.3 Å². The molecule has 1 aliphatic rings. The maximum atomic E-state index is 12.3. The van der Waals surface area contributed by atoms with Crippen molar-refractivity contribution in [2.75, 3.05) is 20.0 Å². The van der Waals surface area contributed by atoms with Gasteiger partial charge in [0.15, 0.2) is 11.5 Å². The van der Waals surface area contributed by atoms with Gasteiger partial charge in [0.2, 0.25) is 0 Å². The van der Waals surface area contributed by atoms with Crippen molar-refractivity contribution in [3.05, 3.63) is 41.2 Å². The van der Waals surface area contributed by atoms with E-state index in [1.165, 1.54) is 23.6 Å². The molecule has 0 radical (unpaired) electrons. The Labute approximate surface area is 131 Å². The van der Waals surface area contributed by atoms with Crippen LogP contribution in [0.3, 0.4) is 0 Å². The second-order valence-corrected chi connectivity index (χ2v) is 5.68. The molecular formula is C15H14N2O4S. The van der Waals surface area contributed by atoms with Crippen molar-refractivity contribution in [2.45, 2.75) is 5.75 Å². The van der Waals surface area contributed by atoms with Crippen LogP contribution in [0.25, 0.3) is 5.69 Å². The van der Waals surface area contributed by atoms with E-state index >= 15 is 0 Å². The molecule has 0 fully saturated rings. The number of methoxy groups -OCH3 is 2. The molecule has 2 heterocycles. The molecule has 0 N–H and O–H groups in total. The molecule has 0 spiro atoms. The summed E-state index contributed by atoms with van der Waals surface area (Å²) in [5, 5.41) is 4.31. The minimum atomic E-state index is -0.529. The summed E-state index contributed by atoms with van der Waals surface area (Å²) in [7, 11) is 2.89. The van der Waals surface area contributed by atoms with Gasteiger partial charge in [-0.25, -0.2) is 9.48 Å². The van der Waals surface area contributed by atoms with Gasteiger partial charge in [-0.3, -0.25) is 4.79 Å². The number of carbonyl (C=O) groups is 2. The van der Waals surface area contributed by atoms with Gasteiger partial charge >= 0.3 is 5.97 Å². The second kappa shape index (κ2) is 5.84. The lowest BCUT2D eigenvalue weighted by Gasteiger charge is -2.13. The van der Waals surface area contributed by atoms with Gasteiger partial charge in [0.1, 0.15) is 11.4 Å². The molecule has 0 amide bonds. The van der Waals surface area contributed by atoms with E-state index in [9.17, 15) is 9.59 Å². The van der Waals surface area contributed by atoms with Crippen LogP contribution < -0.4 is 4.74 Å². The van der Waals surface area contributed by atoms with Gasteiger partial charge in [0, 0.05) is 11.3 Å². The van der Waals surface area contributed by atoms with E-state index in [1.54, 1.807) is 31.4 Å². The zero-order chi connectivity index (χ0) is 15.7. The van der Waals surface area contributed by atoms with Crippen LogP contribution in [0.4, 0.5) is 0 Å². The number of aromatic nitrogens is 2. The van der Waals surface area contributed by atoms with Crippen molar-refractivity contribution in [3.63, 3.8) is 0 Å². The maximum Gasteiger partial charge on any atom is 0.358 e. The molecule has 0 bridgehead atoms. The number of hydrogen-bond acceptors (Lipinski definition) is 6. The van der Waals surface area contributed by atoms with Crippen LogP contribution in [-0.4, -0.2) is 41.5 Å². The summed E-state index contributed by atoms with van der Waals surface area (Å²) in [5.41, 5.74) is 2.01. The highest BCUT2D eigenvalue weighted by molar-refractivity contribution is 7.99. The maximum absolute atomic E-state index is 12.3. The highest BCUT2D eigenvalue weighted by Crippen LogP contribution is 2.30. The van der Waals surface area contributed by atoms with Crippen molar-refractivity contribution in [2.24, 2.45) is 0 Å². The average molecular weight is 318 g/mol. The first kappa shape index (κ1) is 14.6. The van der Waals surface area contributed by atoms with Crippen molar-refractivity contribution < 1.29 is 19.1 Å². The van der Waals surface area contributed by atoms with E-state index in [4.69, 9.17) is 9.47 Å². The second-order valence-electron chi connectivity index (χ2n) is 4.69. The van der Waals surface area contributed by atoms with Gasteiger partial charge in [-0.2, -0.15) is 5.10 Å². The molecule has 0 aliphatic carbocycles. The molecule has 7 heteroatoms. The number of rotatable bonds is 3. The van der Waals surface area contributed by atoms with E-state index in [0.717, 1.165) is 0 Å². The predicted molar refractivity (Wildman–Crippen MR) is 81.9 cm³/mol. The van der Waals surface area contributed by atoms with E-state index in [1.807, 2.05) is 0 Å². The number of benzene rings is 1. The van der Waals surface area contributed by atoms with Crippen LogP contribution in [0.2, 0.25) is 0 Å². The van der Waals surface area contributed by atoms with Crippen LogP contribution >= 0.6 is 11.8 Å². The summed E-state index contributed by atoms with van der Waals surface area (Å²) >= 11 is 1.47. The molecule has 22 heavy (non-hydrogen) atoms. The van der Waals surface area contributed by atoms with Gasteiger partial charge in [0.25, 0.3) is 0 Å². The Morgan fingerprint density at radius 1 is 1.23 bits per heavy atom. The minimum absolute atomic E-state index is 0.0373. The Morgan fingerprint density at radius 2 is 1.95 bits per heavy atom. The molecule has 6 nitrogen and oxygen atoms in total. The molecule has 114 valence electrons. The fraction of sp³-hybridized carbons (Fsp3) is 0.267. The van der Waals surface area contributed by atoms with Gasteiger partial charge < -0.3 is 9.47 Å². The zero-order valence-corrected chi connectivity index (χ0v) is 13.0. The van der Waals surface area contributed by atoms with E-state index < -0.39 is 5.97 Å². The monoisotopic (exact) mass is 318 g/mol. The summed E-state index contributed by atoms with van der Waals surface area (Å²) in [5.74, 6) is 1.10. The first-order valence-electron chi connectivity index (χ1n) is 6.61. The molecule has 1 aliphatic heterocycles. The molecule has 0 atom stereocenters. The Balaban J connectivity index is 2.16. The van der Waals surface area contributed by atoms with Crippen LogP contribution in [0.15, 0.2) is 24.3 Å². The van der Waals surface area contributed by atoms with Crippen molar-refractivity contribution in [1.82, 2.24) is 9.78 Å². The van der Waals surface area contributed by atoms with Crippen LogP contribution in [0.1, 0.15) is 26.5 Å². The van der Waals surface area contributed by atoms with E-state index in [2.05, 4.69) is 5.10 Å². The van der Waals surface area contributed by atoms with Crippen LogP contribution in [0, 0.1) is 0 Å². The number of fused-ring (bicyclic) bond motifs is 1. The summed E-state index contributed by atoms with van der Waals surface area (Å²) < 4.78 is 11.4. The standard InChI is InChI=1S/C15H14N2O4S/c1-20-10-5-3-9(4-6-10)17-14-11(7-22-8-12(14)18)13(16-17)15(19)21-2/h3-6H,7-8H2,1-2H3. The number of esters is 1. The van der Waals surface area contributed by atoms with Crippen molar-refractivity contribution in [3.8, 4) is 11.4 Å². The largest absolute Gasteiger partial charge is 0.497 e. The Morgan fingerprint density at radius 3 is 2.59 bits per heavy atom. The fourth-order valence-corrected chi connectivity index (χ4v) is 3.26. The van der Waals surface area contributed by atoms with Gasteiger partial charge in [-0.1, -0.05) is 0 Å². The smallest absolute Gasteiger partial charge is 0.358 e. The van der Waals surface area contributed by atoms with Gasteiger partial charge in [-0.15, -0.1) is 11.8 Å². The molecular weight excluding hydrogens is 304 g/mol. The summed E-state index contributed by atoms with van der Waals surface area (Å²) in [4.78, 5) is 24.2. The highest BCUT2D eigenvalue weighted by atomic mass is 32.2. The minimum Gasteiger partial charge on any atom is -0.497 e. The third kappa shape index (κ3) is 2.37. The molecule has 0 saturated heterocycles. The molecule has 3 rings (SSSR count). The Hall–Kier alpha value is -2.28. The predicted octanol–water partition coefficient (Wildman–Crippen LogP) is 2.10. The quantitative estimate of drug-likeness (QED) is 0.807. The number of ketones is 1. The number of nitrogens with zero attached hydrogens (tertiary/aromatic N) is 2. The number of hydrogen-bond donors (Lipinski definition) is 0. The fourth-order valence-electron chi connectivity index (χ4n) is 2.36. The first-order valence-corrected chi connectivity index (χ1v) is 7.76. The van der Waals surface area contributed by atoms with Crippen molar-refractivity contribution >= 4 is 23.5 Å². The third-order valence-corrected chi connectivity index (χ3v) is 4.38. The molecule has 1 aromatic carbocycles. The van der Waals surface area contributed by atoms with Crippen LogP contribution in [0.5, 0.6) is 5.75 Å². The summed E-state index contributed by atoms with van der Waals surface area (Å²) in [6.07, 6.45) is 0. The number of thioether (sulfide) groups is 1. The van der Waals surface area contributed by atoms with E-state index in [0.29, 0.717) is 34.2 Å². The SMILES string of the molecule is COC(=O)c1nn(-c2ccc(OC)cc2)c2c1CSCC2=O. The Kier molecular flexibility index (Phi) is 3.89. The summed E-state index contributed by atoms with van der Waals surface area (Å²) in [6, 6.07) is 7.15. The lowest BCUT2D eigenvalue weighted by molar-refractivity contribution is 0.0592. The average Bonchev–Trinajstić information content (AvgIpc) is 2.95. The molecule has 0 unspecified atom stereocenters. The number of Topliss-reactive ketones (excluding diaryl/α,β-unsaturated/α-hetero) is 1. The topological polar surface area (TPSA) is 70.4 Å². The third-order valence-electron chi connectivity index (χ3n) is 3.42. The van der Waals surface area contributed by atoms with Gasteiger partial charge in [0.05, 0.1) is 25.7 Å². The van der Waals surface area contributed by atoms with Crippen LogP contribution in [-0.2, 0) is 10.5 Å². The molecule has 2 aromatic rings. The Bertz CT molecular complexity index is 737. The summed E-state index contributed by atoms with van der Waals surface area (Å²) in [6.45, 7) is 0. The first-order chi connectivity index (χ1) is 10.7. The zero-order valence-electron chi connectivity index (χ0n) is 12.2. The number of ether oxygens (including phenoxy) is 2. The highest BCUT2D eigenvalue weighted by Gasteiger charge is 2.31. The van der Waals surface area contributed by atoms with E-state index in [-0.39, 0.29) is 11.5 Å².